The van der Waals surface area contributed by atoms with E-state index in [1.165, 1.54) is 24.1 Å². The molecule has 0 spiro atoms. The van der Waals surface area contributed by atoms with Crippen LogP contribution in [0.4, 0.5) is 4.39 Å². The van der Waals surface area contributed by atoms with Gasteiger partial charge in [-0.25, -0.2) is 4.39 Å². The molecule has 1 aliphatic heterocycles. The van der Waals surface area contributed by atoms with Crippen molar-refractivity contribution in [2.75, 3.05) is 33.3 Å². The highest BCUT2D eigenvalue weighted by Crippen LogP contribution is 2.39. The minimum absolute atomic E-state index is 0.0259. The number of hydrogen-bond donors (Lipinski definition) is 1. The molecular formula is C26H31FN2O4. The molecule has 1 aliphatic rings. The molecule has 1 amide bonds. The fourth-order valence-corrected chi connectivity index (χ4v) is 4.15. The maximum absolute atomic E-state index is 14.3. The second-order valence-corrected chi connectivity index (χ2v) is 7.96. The Kier molecular flexibility index (Phi) is 7.87. The largest absolute Gasteiger partial charge is 0.507 e. The highest BCUT2D eigenvalue weighted by molar-refractivity contribution is 6.46. The lowest BCUT2D eigenvalue weighted by Crippen LogP contribution is -2.38. The van der Waals surface area contributed by atoms with Gasteiger partial charge in [0.1, 0.15) is 5.76 Å². The fourth-order valence-electron chi connectivity index (χ4n) is 4.15. The summed E-state index contributed by atoms with van der Waals surface area (Å²) < 4.78 is 19.3. The summed E-state index contributed by atoms with van der Waals surface area (Å²) in [6.07, 6.45) is 0.855. The van der Waals surface area contributed by atoms with Crippen LogP contribution < -0.4 is 4.74 Å². The summed E-state index contributed by atoms with van der Waals surface area (Å²) in [7, 11) is 1.35. The Bertz CT molecular complexity index is 1040. The molecule has 1 heterocycles. The van der Waals surface area contributed by atoms with E-state index in [2.05, 4.69) is 4.90 Å². The van der Waals surface area contributed by atoms with E-state index in [1.807, 2.05) is 45.0 Å². The molecule has 1 atom stereocenters. The van der Waals surface area contributed by atoms with E-state index >= 15 is 0 Å². The van der Waals surface area contributed by atoms with Gasteiger partial charge in [-0.3, -0.25) is 9.59 Å². The van der Waals surface area contributed by atoms with E-state index in [9.17, 15) is 19.1 Å². The van der Waals surface area contributed by atoms with Gasteiger partial charge in [0, 0.05) is 18.7 Å². The third-order valence-corrected chi connectivity index (χ3v) is 6.22. The van der Waals surface area contributed by atoms with Gasteiger partial charge in [-0.05, 0) is 48.8 Å². The van der Waals surface area contributed by atoms with Crippen molar-refractivity contribution >= 4 is 17.4 Å². The molecule has 176 valence electrons. The summed E-state index contributed by atoms with van der Waals surface area (Å²) in [5, 5.41) is 11.1. The number of aliphatic hydroxyl groups is 1. The van der Waals surface area contributed by atoms with Crippen molar-refractivity contribution in [1.29, 1.82) is 0 Å². The van der Waals surface area contributed by atoms with Crippen molar-refractivity contribution in [1.82, 2.24) is 9.80 Å². The first-order valence-corrected chi connectivity index (χ1v) is 11.3. The highest BCUT2D eigenvalue weighted by Gasteiger charge is 2.46. The number of carbonyl (C=O) groups is 2. The number of aliphatic hydroxyl groups excluding tert-OH is 1. The number of halogens is 1. The highest BCUT2D eigenvalue weighted by atomic mass is 19.1. The van der Waals surface area contributed by atoms with Gasteiger partial charge in [0.25, 0.3) is 11.7 Å². The molecule has 1 fully saturated rings. The number of ketones is 1. The van der Waals surface area contributed by atoms with Crippen LogP contribution in [0.2, 0.25) is 0 Å². The van der Waals surface area contributed by atoms with Crippen LogP contribution in [0.5, 0.6) is 5.75 Å². The van der Waals surface area contributed by atoms with E-state index in [1.54, 1.807) is 0 Å². The second kappa shape index (κ2) is 10.6. The van der Waals surface area contributed by atoms with E-state index < -0.39 is 29.3 Å². The van der Waals surface area contributed by atoms with E-state index in [0.29, 0.717) is 13.1 Å². The number of hydrogen-bond acceptors (Lipinski definition) is 5. The van der Waals surface area contributed by atoms with Gasteiger partial charge >= 0.3 is 0 Å². The van der Waals surface area contributed by atoms with Crippen molar-refractivity contribution in [3.05, 3.63) is 70.5 Å². The molecule has 1 saturated heterocycles. The lowest BCUT2D eigenvalue weighted by atomic mass is 9.94. The first-order valence-electron chi connectivity index (χ1n) is 11.3. The van der Waals surface area contributed by atoms with Crippen LogP contribution in [-0.2, 0) is 16.0 Å². The molecule has 33 heavy (non-hydrogen) atoms. The molecule has 7 heteroatoms. The summed E-state index contributed by atoms with van der Waals surface area (Å²) in [5.41, 5.74) is 1.93. The Balaban J connectivity index is 2.10. The van der Waals surface area contributed by atoms with Crippen molar-refractivity contribution in [2.45, 2.75) is 33.2 Å². The third kappa shape index (κ3) is 4.93. The van der Waals surface area contributed by atoms with Crippen LogP contribution in [-0.4, -0.2) is 59.9 Å². The SMILES string of the molecule is CCc1ccc(C2C(=C(O)c3ccc(OC)c(F)c3)C(=O)C(=O)N2CCN(CC)CC)cc1. The number of carbonyl (C=O) groups excluding carboxylic acids is 2. The van der Waals surface area contributed by atoms with Crippen molar-refractivity contribution < 1.29 is 23.8 Å². The minimum atomic E-state index is -0.771. The van der Waals surface area contributed by atoms with Crippen LogP contribution >= 0.6 is 0 Å². The van der Waals surface area contributed by atoms with E-state index in [-0.39, 0.29) is 16.9 Å². The Labute approximate surface area is 194 Å². The number of aryl methyl sites for hydroxylation is 1. The van der Waals surface area contributed by atoms with Crippen molar-refractivity contribution in [3.63, 3.8) is 0 Å². The monoisotopic (exact) mass is 454 g/mol. The number of likely N-dealkylation sites (N-methyl/N-ethyl adjacent to an activating group) is 1. The number of amides is 1. The lowest BCUT2D eigenvalue weighted by Gasteiger charge is -2.28. The predicted molar refractivity (Wildman–Crippen MR) is 126 cm³/mol. The summed E-state index contributed by atoms with van der Waals surface area (Å²) in [6.45, 7) is 8.70. The summed E-state index contributed by atoms with van der Waals surface area (Å²) >= 11 is 0. The zero-order valence-corrected chi connectivity index (χ0v) is 19.6. The molecular weight excluding hydrogens is 423 g/mol. The number of Topliss-reactive ketones (excluding diaryl/α,β-unsaturated/α-hetero) is 1. The number of benzene rings is 2. The number of ether oxygens (including phenoxy) is 1. The van der Waals surface area contributed by atoms with Crippen molar-refractivity contribution in [3.8, 4) is 5.75 Å². The second-order valence-electron chi connectivity index (χ2n) is 7.96. The summed E-state index contributed by atoms with van der Waals surface area (Å²) in [5.74, 6) is -2.47. The zero-order chi connectivity index (χ0) is 24.1. The quantitative estimate of drug-likeness (QED) is 0.350. The van der Waals surface area contributed by atoms with Crippen LogP contribution in [0.1, 0.15) is 43.5 Å². The normalized spacial score (nSPS) is 17.8. The van der Waals surface area contributed by atoms with Crippen LogP contribution in [0, 0.1) is 5.82 Å². The Hall–Kier alpha value is -3.19. The smallest absolute Gasteiger partial charge is 0.295 e. The van der Waals surface area contributed by atoms with Gasteiger partial charge in [-0.1, -0.05) is 45.0 Å². The first-order chi connectivity index (χ1) is 15.9. The lowest BCUT2D eigenvalue weighted by molar-refractivity contribution is -0.140. The molecule has 0 aromatic heterocycles. The van der Waals surface area contributed by atoms with Crippen molar-refractivity contribution in [2.24, 2.45) is 0 Å². The Morgan fingerprint density at radius 1 is 1.09 bits per heavy atom. The molecule has 2 aromatic carbocycles. The number of rotatable bonds is 9. The molecule has 0 bridgehead atoms. The predicted octanol–water partition coefficient (Wildman–Crippen LogP) is 4.16. The molecule has 0 aliphatic carbocycles. The van der Waals surface area contributed by atoms with Crippen LogP contribution in [0.3, 0.4) is 0 Å². The first kappa shape index (κ1) is 24.5. The average molecular weight is 455 g/mol. The van der Waals surface area contributed by atoms with Gasteiger partial charge in [0.05, 0.1) is 18.7 Å². The summed E-state index contributed by atoms with van der Waals surface area (Å²) in [4.78, 5) is 29.8. The molecule has 3 rings (SSSR count). The molecule has 1 N–H and O–H groups in total. The van der Waals surface area contributed by atoms with E-state index in [4.69, 9.17) is 4.74 Å². The number of methoxy groups -OCH3 is 1. The van der Waals surface area contributed by atoms with Crippen LogP contribution in [0.15, 0.2) is 48.0 Å². The van der Waals surface area contributed by atoms with Gasteiger partial charge in [-0.15, -0.1) is 0 Å². The molecule has 2 aromatic rings. The molecule has 0 radical (unpaired) electrons. The van der Waals surface area contributed by atoms with Gasteiger partial charge < -0.3 is 19.6 Å². The third-order valence-electron chi connectivity index (χ3n) is 6.22. The number of nitrogens with zero attached hydrogens (tertiary/aromatic N) is 2. The fraction of sp³-hybridized carbons (Fsp3) is 0.385. The van der Waals surface area contributed by atoms with Gasteiger partial charge in [0.15, 0.2) is 11.6 Å². The topological polar surface area (TPSA) is 70.1 Å². The molecule has 1 unspecified atom stereocenters. The summed E-state index contributed by atoms with van der Waals surface area (Å²) in [6, 6.07) is 10.9. The zero-order valence-electron chi connectivity index (χ0n) is 19.6. The van der Waals surface area contributed by atoms with Gasteiger partial charge in [0.2, 0.25) is 0 Å². The Morgan fingerprint density at radius 2 is 1.76 bits per heavy atom. The average Bonchev–Trinajstić information content (AvgIpc) is 3.09. The number of likely N-dealkylation sites (tertiary alicyclic amines) is 1. The Morgan fingerprint density at radius 3 is 2.30 bits per heavy atom. The van der Waals surface area contributed by atoms with Gasteiger partial charge in [-0.2, -0.15) is 0 Å². The maximum atomic E-state index is 14.3. The van der Waals surface area contributed by atoms with Crippen LogP contribution in [0.25, 0.3) is 5.76 Å². The van der Waals surface area contributed by atoms with E-state index in [0.717, 1.165) is 36.7 Å². The molecule has 0 saturated carbocycles. The maximum Gasteiger partial charge on any atom is 0.295 e. The minimum Gasteiger partial charge on any atom is -0.507 e. The standard InChI is InChI=1S/C26H31FN2O4/c1-5-17-8-10-18(11-9-17)23-22(24(30)19-12-13-21(33-4)20(27)16-19)25(31)26(32)29(23)15-14-28(6-2)7-3/h8-13,16,23,30H,5-7,14-15H2,1-4H3. The molecule has 6 nitrogen and oxygen atoms in total.